The molecule has 1 nitrogen and oxygen atoms in total. The number of hydrogen-bond acceptors (Lipinski definition) is 1. The third-order valence-electron chi connectivity index (χ3n) is 7.63. The van der Waals surface area contributed by atoms with Gasteiger partial charge < -0.3 is 0 Å². The van der Waals surface area contributed by atoms with E-state index in [-0.39, 0.29) is 0 Å². The van der Waals surface area contributed by atoms with Crippen LogP contribution in [0.5, 0.6) is 0 Å². The Labute approximate surface area is 168 Å². The molecule has 3 rings (SSSR count). The fraction of sp³-hybridized carbons (Fsp3) is 0.808. The van der Waals surface area contributed by atoms with Crippen molar-refractivity contribution in [3.05, 3.63) is 29.6 Å². The van der Waals surface area contributed by atoms with Crippen LogP contribution in [0.1, 0.15) is 121 Å². The highest BCUT2D eigenvalue weighted by atomic mass is 14.7. The van der Waals surface area contributed by atoms with Gasteiger partial charge in [0, 0.05) is 17.8 Å². The molecule has 1 aromatic rings. The molecule has 0 aromatic carbocycles. The normalized spacial score (nSPS) is 29.0. The standard InChI is InChI=1S/C26H43N/c1-3-5-7-9-22-12-19-26(27-20-22)25-17-15-24(16-18-25)23-13-10-21(11-14-23)8-6-4-2/h12,19-21,23-25H,3-11,13-18H2,1-2H3. The average molecular weight is 370 g/mol. The molecule has 1 heteroatoms. The number of unbranched alkanes of at least 4 members (excludes halogenated alkanes) is 3. The van der Waals surface area contributed by atoms with Gasteiger partial charge in [-0.2, -0.15) is 0 Å². The lowest BCUT2D eigenvalue weighted by atomic mass is 9.68. The summed E-state index contributed by atoms with van der Waals surface area (Å²) in [5, 5.41) is 0. The van der Waals surface area contributed by atoms with Crippen molar-refractivity contribution >= 4 is 0 Å². The number of nitrogens with zero attached hydrogens (tertiary/aromatic N) is 1. The highest BCUT2D eigenvalue weighted by molar-refractivity contribution is 5.17. The Balaban J connectivity index is 1.40. The van der Waals surface area contributed by atoms with Crippen LogP contribution in [0.2, 0.25) is 0 Å². The Bertz CT molecular complexity index is 504. The molecule has 0 unspecified atom stereocenters. The Hall–Kier alpha value is -0.850. The predicted molar refractivity (Wildman–Crippen MR) is 117 cm³/mol. The second-order valence-corrected chi connectivity index (χ2v) is 9.58. The van der Waals surface area contributed by atoms with E-state index >= 15 is 0 Å². The third-order valence-corrected chi connectivity index (χ3v) is 7.63. The van der Waals surface area contributed by atoms with Crippen LogP contribution in [-0.4, -0.2) is 4.98 Å². The summed E-state index contributed by atoms with van der Waals surface area (Å²) < 4.78 is 0. The van der Waals surface area contributed by atoms with Crippen molar-refractivity contribution in [1.82, 2.24) is 4.98 Å². The highest BCUT2D eigenvalue weighted by Crippen LogP contribution is 2.44. The lowest BCUT2D eigenvalue weighted by molar-refractivity contribution is 0.155. The van der Waals surface area contributed by atoms with Crippen LogP contribution in [0.15, 0.2) is 18.3 Å². The lowest BCUT2D eigenvalue weighted by Crippen LogP contribution is -2.25. The average Bonchev–Trinajstić information content (AvgIpc) is 2.73. The molecule has 0 N–H and O–H groups in total. The summed E-state index contributed by atoms with van der Waals surface area (Å²) in [6.45, 7) is 4.61. The predicted octanol–water partition coefficient (Wildman–Crippen LogP) is 8.08. The van der Waals surface area contributed by atoms with Gasteiger partial charge in [0.15, 0.2) is 0 Å². The van der Waals surface area contributed by atoms with Crippen LogP contribution in [-0.2, 0) is 6.42 Å². The van der Waals surface area contributed by atoms with Crippen LogP contribution < -0.4 is 0 Å². The maximum Gasteiger partial charge on any atom is 0.0434 e. The van der Waals surface area contributed by atoms with Crippen molar-refractivity contribution in [1.29, 1.82) is 0 Å². The van der Waals surface area contributed by atoms with Crippen molar-refractivity contribution in [2.24, 2.45) is 17.8 Å². The molecule has 2 aliphatic carbocycles. The Morgan fingerprint density at radius 1 is 0.778 bits per heavy atom. The highest BCUT2D eigenvalue weighted by Gasteiger charge is 2.31. The zero-order valence-corrected chi connectivity index (χ0v) is 18.1. The third kappa shape index (κ3) is 6.33. The maximum absolute atomic E-state index is 4.86. The van der Waals surface area contributed by atoms with Gasteiger partial charge in [0.25, 0.3) is 0 Å². The van der Waals surface area contributed by atoms with Crippen molar-refractivity contribution in [2.75, 3.05) is 0 Å². The quantitative estimate of drug-likeness (QED) is 0.401. The molecule has 0 amide bonds. The second kappa shape index (κ2) is 11.2. The molecule has 0 radical (unpaired) electrons. The molecule has 152 valence electrons. The maximum atomic E-state index is 4.86. The Kier molecular flexibility index (Phi) is 8.68. The Morgan fingerprint density at radius 3 is 2.04 bits per heavy atom. The number of aryl methyl sites for hydroxylation is 1. The SMILES string of the molecule is CCCCCc1ccc(C2CCC(C3CCC(CCCC)CC3)CC2)nc1. The molecule has 27 heavy (non-hydrogen) atoms. The molecule has 0 atom stereocenters. The van der Waals surface area contributed by atoms with Crippen LogP contribution >= 0.6 is 0 Å². The van der Waals surface area contributed by atoms with Crippen molar-refractivity contribution in [3.63, 3.8) is 0 Å². The molecule has 1 heterocycles. The van der Waals surface area contributed by atoms with Gasteiger partial charge in [-0.1, -0.05) is 64.9 Å². The summed E-state index contributed by atoms with van der Waals surface area (Å²) in [5.41, 5.74) is 2.80. The molecule has 2 fully saturated rings. The topological polar surface area (TPSA) is 12.9 Å². The fourth-order valence-electron chi connectivity index (χ4n) is 5.73. The van der Waals surface area contributed by atoms with E-state index in [0.717, 1.165) is 23.7 Å². The number of rotatable bonds is 9. The molecular weight excluding hydrogens is 326 g/mol. The molecule has 1 aromatic heterocycles. The first kappa shape index (κ1) is 20.9. The van der Waals surface area contributed by atoms with Crippen LogP contribution in [0.3, 0.4) is 0 Å². The summed E-state index contributed by atoms with van der Waals surface area (Å²) in [4.78, 5) is 4.86. The first-order valence-corrected chi connectivity index (χ1v) is 12.2. The summed E-state index contributed by atoms with van der Waals surface area (Å²) in [5.74, 6) is 3.84. The monoisotopic (exact) mass is 369 g/mol. The minimum Gasteiger partial charge on any atom is -0.261 e. The van der Waals surface area contributed by atoms with E-state index in [4.69, 9.17) is 4.98 Å². The molecule has 2 aliphatic rings. The molecule has 0 spiro atoms. The van der Waals surface area contributed by atoms with Gasteiger partial charge in [0.05, 0.1) is 0 Å². The number of aromatic nitrogens is 1. The van der Waals surface area contributed by atoms with Crippen molar-refractivity contribution in [2.45, 2.75) is 116 Å². The minimum atomic E-state index is 0.729. The largest absolute Gasteiger partial charge is 0.261 e. The van der Waals surface area contributed by atoms with Crippen molar-refractivity contribution in [3.8, 4) is 0 Å². The van der Waals surface area contributed by atoms with Gasteiger partial charge in [0.1, 0.15) is 0 Å². The first-order valence-electron chi connectivity index (χ1n) is 12.2. The summed E-state index contributed by atoms with van der Waals surface area (Å²) in [7, 11) is 0. The lowest BCUT2D eigenvalue weighted by Gasteiger charge is -2.37. The van der Waals surface area contributed by atoms with Crippen LogP contribution in [0.25, 0.3) is 0 Å². The molecule has 0 aliphatic heterocycles. The summed E-state index contributed by atoms with van der Waals surface area (Å²) in [6, 6.07) is 4.69. The van der Waals surface area contributed by atoms with E-state index in [1.807, 2.05) is 0 Å². The van der Waals surface area contributed by atoms with E-state index in [2.05, 4.69) is 32.2 Å². The molecule has 2 saturated carbocycles. The van der Waals surface area contributed by atoms with Gasteiger partial charge in [-0.3, -0.25) is 4.98 Å². The van der Waals surface area contributed by atoms with Gasteiger partial charge >= 0.3 is 0 Å². The van der Waals surface area contributed by atoms with Gasteiger partial charge in [0.2, 0.25) is 0 Å². The second-order valence-electron chi connectivity index (χ2n) is 9.58. The van der Waals surface area contributed by atoms with Crippen LogP contribution in [0.4, 0.5) is 0 Å². The van der Waals surface area contributed by atoms with Gasteiger partial charge in [-0.15, -0.1) is 0 Å². The van der Waals surface area contributed by atoms with E-state index < -0.39 is 0 Å². The fourth-order valence-corrected chi connectivity index (χ4v) is 5.73. The van der Waals surface area contributed by atoms with E-state index in [9.17, 15) is 0 Å². The molecule has 0 bridgehead atoms. The zero-order chi connectivity index (χ0) is 18.9. The van der Waals surface area contributed by atoms with Gasteiger partial charge in [-0.05, 0) is 80.8 Å². The molecule has 0 saturated heterocycles. The first-order chi connectivity index (χ1) is 13.3. The summed E-state index contributed by atoms with van der Waals surface area (Å²) in [6.07, 6.45) is 23.4. The van der Waals surface area contributed by atoms with Gasteiger partial charge in [-0.25, -0.2) is 0 Å². The Morgan fingerprint density at radius 2 is 1.44 bits per heavy atom. The van der Waals surface area contributed by atoms with E-state index in [1.54, 1.807) is 0 Å². The van der Waals surface area contributed by atoms with Crippen LogP contribution in [0, 0.1) is 17.8 Å². The summed E-state index contributed by atoms with van der Waals surface area (Å²) >= 11 is 0. The number of pyridine rings is 1. The zero-order valence-electron chi connectivity index (χ0n) is 18.1. The minimum absolute atomic E-state index is 0.729. The molecular formula is C26H43N. The van der Waals surface area contributed by atoms with Crippen molar-refractivity contribution < 1.29 is 0 Å². The smallest absolute Gasteiger partial charge is 0.0434 e. The van der Waals surface area contributed by atoms with E-state index in [1.165, 1.54) is 108 Å². The van der Waals surface area contributed by atoms with E-state index in [0.29, 0.717) is 0 Å². The number of hydrogen-bond donors (Lipinski definition) is 0.